The van der Waals surface area contributed by atoms with Crippen molar-refractivity contribution in [3.8, 4) is 0 Å². The Morgan fingerprint density at radius 1 is 1.08 bits per heavy atom. The van der Waals surface area contributed by atoms with Gasteiger partial charge in [0.05, 0.1) is 17.5 Å². The van der Waals surface area contributed by atoms with Crippen LogP contribution >= 0.6 is 0 Å². The Morgan fingerprint density at radius 3 is 2.16 bits per heavy atom. The van der Waals surface area contributed by atoms with Crippen molar-refractivity contribution in [2.45, 2.75) is 12.6 Å². The van der Waals surface area contributed by atoms with Gasteiger partial charge in [-0.3, -0.25) is 9.59 Å². The number of hydrogen-bond donors (Lipinski definition) is 1. The number of imide groups is 1. The first-order valence-corrected chi connectivity index (χ1v) is 6.85. The highest BCUT2D eigenvalue weighted by Gasteiger charge is 2.38. The van der Waals surface area contributed by atoms with Crippen molar-refractivity contribution in [3.05, 3.63) is 35.4 Å². The molecule has 1 aromatic rings. The van der Waals surface area contributed by atoms with Gasteiger partial charge in [-0.1, -0.05) is 17.2 Å². The number of carbonyl (C=O) groups is 4. The minimum Gasteiger partial charge on any atom is -0.440 e. The molecule has 0 atom stereocenters. The van der Waals surface area contributed by atoms with Crippen LogP contribution in [0.1, 0.15) is 27.1 Å². The van der Waals surface area contributed by atoms with Crippen LogP contribution < -0.4 is 5.32 Å². The van der Waals surface area contributed by atoms with Gasteiger partial charge >= 0.3 is 18.2 Å². The fourth-order valence-electron chi connectivity index (χ4n) is 1.86. The van der Waals surface area contributed by atoms with Gasteiger partial charge in [0.25, 0.3) is 11.8 Å². The van der Waals surface area contributed by atoms with E-state index in [1.165, 1.54) is 24.3 Å². The molecule has 8 nitrogen and oxygen atoms in total. The standard InChI is InChI=1S/C14H11F3N2O6/c15-14(16,17)7-24-13(23)18-6-5-10(20)25-19-11(21)8-3-1-2-4-9(8)12(19)22/h1-4H,5-7H2,(H,18,23). The van der Waals surface area contributed by atoms with E-state index in [9.17, 15) is 32.3 Å². The molecule has 1 heterocycles. The number of hydrogen-bond acceptors (Lipinski definition) is 6. The largest absolute Gasteiger partial charge is 0.440 e. The predicted molar refractivity (Wildman–Crippen MR) is 73.1 cm³/mol. The maximum Gasteiger partial charge on any atom is 0.422 e. The quantitative estimate of drug-likeness (QED) is 0.797. The average molecular weight is 360 g/mol. The number of alkyl carbamates (subject to hydrolysis) is 1. The Kier molecular flexibility index (Phi) is 5.25. The van der Waals surface area contributed by atoms with Gasteiger partial charge in [-0.2, -0.15) is 13.2 Å². The highest BCUT2D eigenvalue weighted by Crippen LogP contribution is 2.22. The molecule has 0 saturated carbocycles. The van der Waals surface area contributed by atoms with Crippen LogP contribution in [0.5, 0.6) is 0 Å². The number of amides is 3. The number of hydroxylamine groups is 2. The molecule has 0 spiro atoms. The van der Waals surface area contributed by atoms with Crippen LogP contribution in [-0.4, -0.2) is 48.3 Å². The van der Waals surface area contributed by atoms with Crippen molar-refractivity contribution in [1.82, 2.24) is 10.4 Å². The minimum absolute atomic E-state index is 0.0779. The summed E-state index contributed by atoms with van der Waals surface area (Å²) in [4.78, 5) is 51.1. The lowest BCUT2D eigenvalue weighted by atomic mass is 10.1. The van der Waals surface area contributed by atoms with E-state index in [4.69, 9.17) is 0 Å². The topological polar surface area (TPSA) is 102 Å². The van der Waals surface area contributed by atoms with E-state index in [1.807, 2.05) is 5.32 Å². The van der Waals surface area contributed by atoms with Gasteiger partial charge in [0.15, 0.2) is 6.61 Å². The van der Waals surface area contributed by atoms with Crippen LogP contribution in [0.15, 0.2) is 24.3 Å². The Balaban J connectivity index is 1.77. The summed E-state index contributed by atoms with van der Waals surface area (Å²) in [5.74, 6) is -2.66. The number of carbonyl (C=O) groups excluding carboxylic acids is 4. The Bertz CT molecular complexity index is 684. The Morgan fingerprint density at radius 2 is 1.64 bits per heavy atom. The van der Waals surface area contributed by atoms with E-state index in [0.717, 1.165) is 0 Å². The molecule has 0 aromatic heterocycles. The number of halogens is 3. The lowest BCUT2D eigenvalue weighted by Crippen LogP contribution is -2.35. The molecule has 0 saturated heterocycles. The van der Waals surface area contributed by atoms with Gasteiger partial charge in [-0.05, 0) is 12.1 Å². The van der Waals surface area contributed by atoms with Crippen LogP contribution in [0, 0.1) is 0 Å². The highest BCUT2D eigenvalue weighted by molar-refractivity contribution is 6.20. The first kappa shape index (κ1) is 18.2. The number of rotatable bonds is 5. The third-order valence-electron chi connectivity index (χ3n) is 2.92. The van der Waals surface area contributed by atoms with Gasteiger partial charge in [-0.15, -0.1) is 0 Å². The first-order valence-electron chi connectivity index (χ1n) is 6.85. The molecule has 11 heteroatoms. The molecule has 25 heavy (non-hydrogen) atoms. The van der Waals surface area contributed by atoms with E-state index >= 15 is 0 Å². The van der Waals surface area contributed by atoms with Crippen LogP contribution in [-0.2, 0) is 14.4 Å². The molecule has 1 aliphatic rings. The molecule has 0 radical (unpaired) electrons. The summed E-state index contributed by atoms with van der Waals surface area (Å²) in [5.41, 5.74) is 0.156. The molecule has 0 bridgehead atoms. The fourth-order valence-corrected chi connectivity index (χ4v) is 1.86. The normalized spacial score (nSPS) is 13.5. The molecular weight excluding hydrogens is 349 g/mol. The molecule has 0 unspecified atom stereocenters. The second-order valence-corrected chi connectivity index (χ2v) is 4.78. The Hall–Kier alpha value is -3.11. The van der Waals surface area contributed by atoms with Gasteiger partial charge in [0.1, 0.15) is 0 Å². The maximum absolute atomic E-state index is 11.9. The van der Waals surface area contributed by atoms with Crippen molar-refractivity contribution in [1.29, 1.82) is 0 Å². The summed E-state index contributed by atoms with van der Waals surface area (Å²) in [6, 6.07) is 5.85. The summed E-state index contributed by atoms with van der Waals surface area (Å²) >= 11 is 0. The van der Waals surface area contributed by atoms with Crippen molar-refractivity contribution >= 4 is 23.9 Å². The van der Waals surface area contributed by atoms with Crippen molar-refractivity contribution < 1.29 is 41.9 Å². The van der Waals surface area contributed by atoms with E-state index in [0.29, 0.717) is 0 Å². The molecule has 1 N–H and O–H groups in total. The fraction of sp³-hybridized carbons (Fsp3) is 0.286. The summed E-state index contributed by atoms with van der Waals surface area (Å²) in [6.45, 7) is -2.17. The van der Waals surface area contributed by atoms with E-state index in [-0.39, 0.29) is 16.2 Å². The lowest BCUT2D eigenvalue weighted by molar-refractivity contribution is -0.168. The molecule has 0 fully saturated rings. The van der Waals surface area contributed by atoms with E-state index in [2.05, 4.69) is 9.57 Å². The second-order valence-electron chi connectivity index (χ2n) is 4.78. The first-order chi connectivity index (χ1) is 11.7. The van der Waals surface area contributed by atoms with Gasteiger partial charge in [0.2, 0.25) is 0 Å². The maximum atomic E-state index is 11.9. The van der Waals surface area contributed by atoms with Crippen LogP contribution in [0.3, 0.4) is 0 Å². The molecule has 134 valence electrons. The number of nitrogens with one attached hydrogen (secondary N) is 1. The molecule has 2 rings (SSSR count). The lowest BCUT2D eigenvalue weighted by Gasteiger charge is -2.13. The molecular formula is C14H11F3N2O6. The minimum atomic E-state index is -4.66. The number of alkyl halides is 3. The van der Waals surface area contributed by atoms with Crippen molar-refractivity contribution in [2.75, 3.05) is 13.2 Å². The number of fused-ring (bicyclic) bond motifs is 1. The average Bonchev–Trinajstić information content (AvgIpc) is 2.78. The molecule has 0 aliphatic carbocycles. The zero-order valence-electron chi connectivity index (χ0n) is 12.5. The summed E-state index contributed by atoms with van der Waals surface area (Å²) < 4.78 is 39.3. The molecule has 1 aliphatic heterocycles. The van der Waals surface area contributed by atoms with E-state index in [1.54, 1.807) is 0 Å². The van der Waals surface area contributed by atoms with Crippen LogP contribution in [0.2, 0.25) is 0 Å². The smallest absolute Gasteiger partial charge is 0.422 e. The Labute approximate surface area is 138 Å². The summed E-state index contributed by atoms with van der Waals surface area (Å²) in [6.07, 6.45) is -6.53. The predicted octanol–water partition coefficient (Wildman–Crippen LogP) is 1.42. The van der Waals surface area contributed by atoms with Crippen molar-refractivity contribution in [3.63, 3.8) is 0 Å². The summed E-state index contributed by atoms with van der Waals surface area (Å²) in [7, 11) is 0. The highest BCUT2D eigenvalue weighted by atomic mass is 19.4. The zero-order chi connectivity index (χ0) is 18.6. The van der Waals surface area contributed by atoms with Gasteiger partial charge in [0, 0.05) is 6.54 Å². The number of ether oxygens (including phenoxy) is 1. The monoisotopic (exact) mass is 360 g/mol. The molecule has 3 amide bonds. The van der Waals surface area contributed by atoms with Gasteiger partial charge in [-0.25, -0.2) is 9.59 Å². The third kappa shape index (κ3) is 4.68. The third-order valence-corrected chi connectivity index (χ3v) is 2.92. The van der Waals surface area contributed by atoms with Gasteiger partial charge < -0.3 is 14.9 Å². The van der Waals surface area contributed by atoms with Crippen molar-refractivity contribution in [2.24, 2.45) is 0 Å². The number of nitrogens with zero attached hydrogens (tertiary/aromatic N) is 1. The van der Waals surface area contributed by atoms with Crippen LogP contribution in [0.4, 0.5) is 18.0 Å². The SMILES string of the molecule is O=C(CCNC(=O)OCC(F)(F)F)ON1C(=O)c2ccccc2C1=O. The molecule has 1 aromatic carbocycles. The summed E-state index contributed by atoms with van der Waals surface area (Å²) in [5, 5.41) is 2.19. The zero-order valence-corrected chi connectivity index (χ0v) is 12.5. The number of benzene rings is 1. The van der Waals surface area contributed by atoms with Crippen LogP contribution in [0.25, 0.3) is 0 Å². The second kappa shape index (κ2) is 7.20. The van der Waals surface area contributed by atoms with E-state index < -0.39 is 49.6 Å².